The van der Waals surface area contributed by atoms with Crippen LogP contribution in [-0.2, 0) is 0 Å². The van der Waals surface area contributed by atoms with E-state index < -0.39 is 11.2 Å². The lowest BCUT2D eigenvalue weighted by Crippen LogP contribution is -2.36. The Morgan fingerprint density at radius 2 is 1.79 bits per heavy atom. The van der Waals surface area contributed by atoms with E-state index in [4.69, 9.17) is 0 Å². The fourth-order valence-electron chi connectivity index (χ4n) is 2.91. The van der Waals surface area contributed by atoms with Gasteiger partial charge in [0.1, 0.15) is 0 Å². The zero-order chi connectivity index (χ0) is 14.2. The van der Waals surface area contributed by atoms with E-state index in [2.05, 4.69) is 11.9 Å². The summed E-state index contributed by atoms with van der Waals surface area (Å²) in [7, 11) is 0. The van der Waals surface area contributed by atoms with E-state index in [0.29, 0.717) is 11.5 Å². The van der Waals surface area contributed by atoms with E-state index in [0.717, 1.165) is 25.7 Å². The van der Waals surface area contributed by atoms with Gasteiger partial charge in [0.15, 0.2) is 0 Å². The lowest BCUT2D eigenvalue weighted by molar-refractivity contribution is 0.257. The van der Waals surface area contributed by atoms with Crippen LogP contribution in [0.2, 0.25) is 0 Å². The number of aromatic hydroxyl groups is 1. The van der Waals surface area contributed by atoms with E-state index in [1.165, 1.54) is 4.57 Å². The third-order valence-corrected chi connectivity index (χ3v) is 4.08. The van der Waals surface area contributed by atoms with Gasteiger partial charge < -0.3 is 5.11 Å². The van der Waals surface area contributed by atoms with Gasteiger partial charge in [-0.3, -0.25) is 14.3 Å². The summed E-state index contributed by atoms with van der Waals surface area (Å²) in [6, 6.07) is -0.00181. The first-order valence-corrected chi connectivity index (χ1v) is 6.99. The quantitative estimate of drug-likeness (QED) is 0.861. The second-order valence-electron chi connectivity index (χ2n) is 5.93. The van der Waals surface area contributed by atoms with Crippen LogP contribution in [0.5, 0.6) is 5.88 Å². The van der Waals surface area contributed by atoms with Gasteiger partial charge in [-0.2, -0.15) is 0 Å². The molecule has 1 aromatic rings. The second-order valence-corrected chi connectivity index (χ2v) is 5.93. The number of nitrogens with one attached hydrogen (secondary N) is 1. The molecule has 0 aromatic carbocycles. The van der Waals surface area contributed by atoms with Gasteiger partial charge in [0.05, 0.1) is 5.56 Å². The molecule has 0 amide bonds. The highest BCUT2D eigenvalue weighted by molar-refractivity contribution is 5.26. The highest BCUT2D eigenvalue weighted by atomic mass is 16.3. The van der Waals surface area contributed by atoms with Gasteiger partial charge in [0, 0.05) is 6.04 Å². The molecular weight excluding hydrogens is 244 g/mol. The molecule has 19 heavy (non-hydrogen) atoms. The summed E-state index contributed by atoms with van der Waals surface area (Å²) in [6.45, 7) is 5.87. The average Bonchev–Trinajstić information content (AvgIpc) is 2.30. The van der Waals surface area contributed by atoms with E-state index in [1.54, 1.807) is 0 Å². The molecule has 1 saturated carbocycles. The summed E-state index contributed by atoms with van der Waals surface area (Å²) in [5.41, 5.74) is -0.664. The molecule has 5 heteroatoms. The normalized spacial score (nSPS) is 23.8. The minimum Gasteiger partial charge on any atom is -0.494 e. The number of nitrogens with zero attached hydrogens (tertiary/aromatic N) is 1. The average molecular weight is 266 g/mol. The first kappa shape index (κ1) is 13.9. The molecule has 0 atom stereocenters. The van der Waals surface area contributed by atoms with Crippen LogP contribution in [0.25, 0.3) is 0 Å². The highest BCUT2D eigenvalue weighted by Gasteiger charge is 2.25. The van der Waals surface area contributed by atoms with Crippen molar-refractivity contribution in [1.82, 2.24) is 9.55 Å². The van der Waals surface area contributed by atoms with Crippen LogP contribution in [0.4, 0.5) is 0 Å². The third-order valence-electron chi connectivity index (χ3n) is 4.08. The Bertz CT molecular complexity index is 563. The monoisotopic (exact) mass is 266 g/mol. The van der Waals surface area contributed by atoms with Crippen molar-refractivity contribution in [3.8, 4) is 5.88 Å². The van der Waals surface area contributed by atoms with E-state index in [1.807, 2.05) is 13.8 Å². The maximum Gasteiger partial charge on any atom is 0.331 e. The Kier molecular flexibility index (Phi) is 3.83. The predicted molar refractivity (Wildman–Crippen MR) is 73.7 cm³/mol. The standard InChI is InChI=1S/C14H22N2O3/c1-8(2)11-12(17)15-14(19)16(13(11)18)10-6-4-9(3)5-7-10/h8-10,18H,4-7H2,1-3H3,(H,15,17,19). The number of hydrogen-bond donors (Lipinski definition) is 2. The largest absolute Gasteiger partial charge is 0.494 e. The summed E-state index contributed by atoms with van der Waals surface area (Å²) in [4.78, 5) is 26.1. The molecule has 0 unspecified atom stereocenters. The molecule has 0 radical (unpaired) electrons. The van der Waals surface area contributed by atoms with E-state index in [9.17, 15) is 14.7 Å². The predicted octanol–water partition coefficient (Wildman–Crippen LogP) is 2.12. The zero-order valence-electron chi connectivity index (χ0n) is 11.8. The molecule has 1 aliphatic rings. The van der Waals surface area contributed by atoms with E-state index >= 15 is 0 Å². The molecule has 0 saturated heterocycles. The maximum atomic E-state index is 12.0. The molecule has 106 valence electrons. The van der Waals surface area contributed by atoms with Crippen LogP contribution in [0, 0.1) is 5.92 Å². The number of H-pyrrole nitrogens is 1. The first-order chi connectivity index (χ1) is 8.91. The minimum absolute atomic E-state index is 0.00181. The molecular formula is C14H22N2O3. The summed E-state index contributed by atoms with van der Waals surface area (Å²) in [5, 5.41) is 10.3. The first-order valence-electron chi connectivity index (χ1n) is 6.99. The van der Waals surface area contributed by atoms with Crippen molar-refractivity contribution in [2.45, 2.75) is 58.4 Å². The number of aromatic amines is 1. The van der Waals surface area contributed by atoms with Gasteiger partial charge in [-0.1, -0.05) is 20.8 Å². The van der Waals surface area contributed by atoms with Crippen LogP contribution in [0.3, 0.4) is 0 Å². The maximum absolute atomic E-state index is 12.0. The summed E-state index contributed by atoms with van der Waals surface area (Å²) < 4.78 is 1.38. The molecule has 0 aliphatic heterocycles. The van der Waals surface area contributed by atoms with Crippen LogP contribution < -0.4 is 11.2 Å². The smallest absolute Gasteiger partial charge is 0.331 e. The van der Waals surface area contributed by atoms with Crippen molar-refractivity contribution in [2.24, 2.45) is 5.92 Å². The fraction of sp³-hybridized carbons (Fsp3) is 0.714. The Morgan fingerprint density at radius 1 is 1.21 bits per heavy atom. The Hall–Kier alpha value is -1.52. The van der Waals surface area contributed by atoms with Crippen LogP contribution >= 0.6 is 0 Å². The van der Waals surface area contributed by atoms with E-state index in [-0.39, 0.29) is 17.8 Å². The van der Waals surface area contributed by atoms with Crippen LogP contribution in [0.1, 0.15) is 64.0 Å². The highest BCUT2D eigenvalue weighted by Crippen LogP contribution is 2.34. The van der Waals surface area contributed by atoms with Crippen molar-refractivity contribution in [3.63, 3.8) is 0 Å². The molecule has 2 rings (SSSR count). The van der Waals surface area contributed by atoms with Gasteiger partial charge >= 0.3 is 5.69 Å². The molecule has 2 N–H and O–H groups in total. The molecule has 5 nitrogen and oxygen atoms in total. The SMILES string of the molecule is CC1CCC(n2c(O)c(C(C)C)c(=O)[nH]c2=O)CC1. The Morgan fingerprint density at radius 3 is 2.32 bits per heavy atom. The van der Waals surface area contributed by atoms with Gasteiger partial charge in [-0.25, -0.2) is 4.79 Å². The second kappa shape index (κ2) is 5.23. The topological polar surface area (TPSA) is 75.1 Å². The molecule has 1 aromatic heterocycles. The number of rotatable bonds is 2. The van der Waals surface area contributed by atoms with Crippen molar-refractivity contribution in [3.05, 3.63) is 26.4 Å². The van der Waals surface area contributed by atoms with Crippen LogP contribution in [0.15, 0.2) is 9.59 Å². The Labute approximate surface area is 112 Å². The summed E-state index contributed by atoms with van der Waals surface area (Å²) in [5.74, 6) is 0.405. The lowest BCUT2D eigenvalue weighted by atomic mass is 9.87. The molecule has 0 bridgehead atoms. The van der Waals surface area contributed by atoms with Crippen molar-refractivity contribution in [1.29, 1.82) is 0 Å². The van der Waals surface area contributed by atoms with Gasteiger partial charge in [-0.05, 0) is 37.5 Å². The van der Waals surface area contributed by atoms with Crippen LogP contribution in [-0.4, -0.2) is 14.7 Å². The zero-order valence-corrected chi connectivity index (χ0v) is 11.8. The van der Waals surface area contributed by atoms with Gasteiger partial charge in [0.25, 0.3) is 5.56 Å². The fourth-order valence-corrected chi connectivity index (χ4v) is 2.91. The molecule has 0 spiro atoms. The number of aromatic nitrogens is 2. The number of hydrogen-bond acceptors (Lipinski definition) is 3. The summed E-state index contributed by atoms with van der Waals surface area (Å²) in [6.07, 6.45) is 3.84. The Balaban J connectivity index is 2.49. The van der Waals surface area contributed by atoms with Gasteiger partial charge in [0.2, 0.25) is 5.88 Å². The summed E-state index contributed by atoms with van der Waals surface area (Å²) >= 11 is 0. The minimum atomic E-state index is -0.494. The van der Waals surface area contributed by atoms with Crippen molar-refractivity contribution >= 4 is 0 Å². The van der Waals surface area contributed by atoms with Crippen molar-refractivity contribution in [2.75, 3.05) is 0 Å². The van der Waals surface area contributed by atoms with Gasteiger partial charge in [-0.15, -0.1) is 0 Å². The van der Waals surface area contributed by atoms with Crippen molar-refractivity contribution < 1.29 is 5.11 Å². The molecule has 1 aliphatic carbocycles. The molecule has 1 heterocycles. The third kappa shape index (κ3) is 2.60. The molecule has 1 fully saturated rings. The lowest BCUT2D eigenvalue weighted by Gasteiger charge is -2.28.